The molecule has 0 aliphatic rings. The predicted molar refractivity (Wildman–Crippen MR) is 72.2 cm³/mol. The van der Waals surface area contributed by atoms with Gasteiger partial charge in [-0.05, 0) is 36.8 Å². The Bertz CT molecular complexity index is 621. The van der Waals surface area contributed by atoms with Crippen molar-refractivity contribution in [2.75, 3.05) is 11.1 Å². The molecule has 0 aliphatic heterocycles. The average Bonchev–Trinajstić information content (AvgIpc) is 2.35. The van der Waals surface area contributed by atoms with E-state index in [9.17, 15) is 9.18 Å². The van der Waals surface area contributed by atoms with Gasteiger partial charge in [-0.1, -0.05) is 12.1 Å². The van der Waals surface area contributed by atoms with Crippen LogP contribution in [0.4, 0.5) is 21.5 Å². The highest BCUT2D eigenvalue weighted by Gasteiger charge is 2.13. The molecule has 0 unspecified atom stereocenters. The lowest BCUT2D eigenvalue weighted by Crippen LogP contribution is -2.05. The minimum Gasteiger partial charge on any atom is -0.478 e. The van der Waals surface area contributed by atoms with Crippen molar-refractivity contribution in [3.05, 3.63) is 53.3 Å². The van der Waals surface area contributed by atoms with Crippen LogP contribution in [-0.4, -0.2) is 11.1 Å². The molecule has 0 saturated heterocycles. The van der Waals surface area contributed by atoms with Gasteiger partial charge in [0.15, 0.2) is 0 Å². The van der Waals surface area contributed by atoms with Gasteiger partial charge in [0, 0.05) is 5.69 Å². The van der Waals surface area contributed by atoms with E-state index < -0.39 is 11.8 Å². The number of benzene rings is 2. The third kappa shape index (κ3) is 2.65. The zero-order valence-electron chi connectivity index (χ0n) is 10.3. The Labute approximate surface area is 109 Å². The first-order valence-corrected chi connectivity index (χ1v) is 5.64. The number of hydrogen-bond acceptors (Lipinski definition) is 3. The summed E-state index contributed by atoms with van der Waals surface area (Å²) < 4.78 is 13.7. The van der Waals surface area contributed by atoms with Gasteiger partial charge in [0.05, 0.1) is 16.9 Å². The summed E-state index contributed by atoms with van der Waals surface area (Å²) in [7, 11) is 0. The maximum Gasteiger partial charge on any atom is 0.337 e. The number of carboxylic acid groups (broad SMARTS) is 1. The molecule has 0 atom stereocenters. The quantitative estimate of drug-likeness (QED) is 0.741. The van der Waals surface area contributed by atoms with E-state index in [1.54, 1.807) is 25.1 Å². The van der Waals surface area contributed by atoms with Crippen molar-refractivity contribution in [2.24, 2.45) is 0 Å². The normalized spacial score (nSPS) is 10.2. The number of carboxylic acids is 1. The zero-order chi connectivity index (χ0) is 14.0. The second-order valence-corrected chi connectivity index (χ2v) is 4.17. The van der Waals surface area contributed by atoms with E-state index in [1.807, 2.05) is 0 Å². The summed E-state index contributed by atoms with van der Waals surface area (Å²) >= 11 is 0. The van der Waals surface area contributed by atoms with Crippen LogP contribution in [0, 0.1) is 12.7 Å². The van der Waals surface area contributed by atoms with Crippen LogP contribution in [0.2, 0.25) is 0 Å². The van der Waals surface area contributed by atoms with Crippen LogP contribution in [0.1, 0.15) is 15.9 Å². The summed E-state index contributed by atoms with van der Waals surface area (Å²) in [5.41, 5.74) is 7.14. The maximum atomic E-state index is 13.7. The van der Waals surface area contributed by atoms with Crippen LogP contribution in [0.3, 0.4) is 0 Å². The molecule has 0 heterocycles. The van der Waals surface area contributed by atoms with Crippen molar-refractivity contribution in [1.82, 2.24) is 0 Å². The minimum absolute atomic E-state index is 0.00246. The first kappa shape index (κ1) is 12.9. The second-order valence-electron chi connectivity index (χ2n) is 4.17. The van der Waals surface area contributed by atoms with Gasteiger partial charge >= 0.3 is 5.97 Å². The number of carbonyl (C=O) groups is 1. The molecule has 98 valence electrons. The summed E-state index contributed by atoms with van der Waals surface area (Å²) in [6, 6.07) is 9.06. The monoisotopic (exact) mass is 260 g/mol. The van der Waals surface area contributed by atoms with Gasteiger partial charge in [0.1, 0.15) is 5.82 Å². The number of hydrogen-bond donors (Lipinski definition) is 3. The van der Waals surface area contributed by atoms with Gasteiger partial charge < -0.3 is 16.2 Å². The van der Waals surface area contributed by atoms with E-state index in [0.717, 1.165) is 0 Å². The van der Waals surface area contributed by atoms with Crippen molar-refractivity contribution in [3.63, 3.8) is 0 Å². The average molecular weight is 260 g/mol. The highest BCUT2D eigenvalue weighted by atomic mass is 19.1. The lowest BCUT2D eigenvalue weighted by molar-refractivity contribution is 0.0698. The molecular weight excluding hydrogens is 247 g/mol. The molecule has 4 N–H and O–H groups in total. The van der Waals surface area contributed by atoms with Crippen molar-refractivity contribution in [1.29, 1.82) is 0 Å². The number of anilines is 3. The molecule has 19 heavy (non-hydrogen) atoms. The Morgan fingerprint density at radius 2 is 2.05 bits per heavy atom. The van der Waals surface area contributed by atoms with Gasteiger partial charge in [0.2, 0.25) is 0 Å². The van der Waals surface area contributed by atoms with Crippen molar-refractivity contribution >= 4 is 23.0 Å². The predicted octanol–water partition coefficient (Wildman–Crippen LogP) is 3.16. The van der Waals surface area contributed by atoms with Crippen LogP contribution in [-0.2, 0) is 0 Å². The molecule has 0 aliphatic carbocycles. The number of nitrogens with two attached hydrogens (primary N) is 1. The first-order chi connectivity index (χ1) is 8.99. The summed E-state index contributed by atoms with van der Waals surface area (Å²) in [5.74, 6) is -1.56. The Morgan fingerprint density at radius 1 is 1.32 bits per heavy atom. The second kappa shape index (κ2) is 4.97. The van der Waals surface area contributed by atoms with Crippen molar-refractivity contribution < 1.29 is 14.3 Å². The van der Waals surface area contributed by atoms with E-state index in [2.05, 4.69) is 5.32 Å². The lowest BCUT2D eigenvalue weighted by atomic mass is 10.1. The maximum absolute atomic E-state index is 13.7. The Balaban J connectivity index is 2.47. The van der Waals surface area contributed by atoms with Gasteiger partial charge in [-0.2, -0.15) is 0 Å². The van der Waals surface area contributed by atoms with Crippen molar-refractivity contribution in [3.8, 4) is 0 Å². The van der Waals surface area contributed by atoms with E-state index in [-0.39, 0.29) is 11.3 Å². The van der Waals surface area contributed by atoms with Crippen LogP contribution < -0.4 is 11.1 Å². The van der Waals surface area contributed by atoms with Crippen LogP contribution in [0.5, 0.6) is 0 Å². The molecule has 2 aromatic rings. The number of nitrogen functional groups attached to an aromatic ring is 1. The van der Waals surface area contributed by atoms with E-state index in [4.69, 9.17) is 10.8 Å². The molecule has 0 aromatic heterocycles. The number of aromatic carboxylic acids is 1. The smallest absolute Gasteiger partial charge is 0.337 e. The van der Waals surface area contributed by atoms with Crippen LogP contribution in [0.15, 0.2) is 36.4 Å². The Hall–Kier alpha value is -2.56. The third-order valence-corrected chi connectivity index (χ3v) is 2.76. The summed E-state index contributed by atoms with van der Waals surface area (Å²) in [5, 5.41) is 11.9. The highest BCUT2D eigenvalue weighted by molar-refractivity contribution is 5.96. The summed E-state index contributed by atoms with van der Waals surface area (Å²) in [6.45, 7) is 1.74. The van der Waals surface area contributed by atoms with Gasteiger partial charge in [-0.3, -0.25) is 0 Å². The number of para-hydroxylation sites is 1. The molecule has 4 nitrogen and oxygen atoms in total. The lowest BCUT2D eigenvalue weighted by Gasteiger charge is -2.13. The number of aryl methyl sites for hydroxylation is 1. The number of rotatable bonds is 3. The molecular formula is C14H13FN2O2. The fraction of sp³-hybridized carbons (Fsp3) is 0.0714. The standard InChI is InChI=1S/C14H13FN2O2/c1-8-3-2-4-11(15)13(8)17-12-6-5-9(16)7-10(12)14(18)19/h2-7,17H,16H2,1H3,(H,18,19). The molecule has 2 rings (SSSR count). The Morgan fingerprint density at radius 3 is 2.68 bits per heavy atom. The molecule has 0 bridgehead atoms. The zero-order valence-corrected chi connectivity index (χ0v) is 10.3. The minimum atomic E-state index is -1.12. The topological polar surface area (TPSA) is 75.3 Å². The van der Waals surface area contributed by atoms with Gasteiger partial charge in [-0.25, -0.2) is 9.18 Å². The number of halogens is 1. The molecule has 0 radical (unpaired) electrons. The summed E-state index contributed by atoms with van der Waals surface area (Å²) in [6.07, 6.45) is 0. The van der Waals surface area contributed by atoms with E-state index in [0.29, 0.717) is 16.9 Å². The number of nitrogens with one attached hydrogen (secondary N) is 1. The summed E-state index contributed by atoms with van der Waals surface area (Å²) in [4.78, 5) is 11.1. The Kier molecular flexibility index (Phi) is 3.37. The molecule has 0 saturated carbocycles. The molecule has 5 heteroatoms. The fourth-order valence-electron chi connectivity index (χ4n) is 1.77. The first-order valence-electron chi connectivity index (χ1n) is 5.64. The largest absolute Gasteiger partial charge is 0.478 e. The highest BCUT2D eigenvalue weighted by Crippen LogP contribution is 2.27. The SMILES string of the molecule is Cc1cccc(F)c1Nc1ccc(N)cc1C(=O)O. The van der Waals surface area contributed by atoms with Crippen LogP contribution in [0.25, 0.3) is 0 Å². The van der Waals surface area contributed by atoms with E-state index >= 15 is 0 Å². The van der Waals surface area contributed by atoms with Crippen LogP contribution >= 0.6 is 0 Å². The fourth-order valence-corrected chi connectivity index (χ4v) is 1.77. The molecule has 2 aromatic carbocycles. The molecule has 0 fully saturated rings. The van der Waals surface area contributed by atoms with E-state index in [1.165, 1.54) is 18.2 Å². The van der Waals surface area contributed by atoms with Crippen molar-refractivity contribution in [2.45, 2.75) is 6.92 Å². The molecule has 0 spiro atoms. The molecule has 0 amide bonds. The van der Waals surface area contributed by atoms with Gasteiger partial charge in [-0.15, -0.1) is 0 Å². The van der Waals surface area contributed by atoms with Gasteiger partial charge in [0.25, 0.3) is 0 Å². The third-order valence-electron chi connectivity index (χ3n) is 2.76.